The number of phenolic OH excluding ortho intramolecular Hbond substituents is 1. The van der Waals surface area contributed by atoms with Crippen LogP contribution in [0.15, 0.2) is 18.2 Å². The van der Waals surface area contributed by atoms with Gasteiger partial charge in [0.05, 0.1) is 0 Å². The SMILES string of the molecule is CC(C)(C)c1cccc(C(C)(C)C)c1O.[CH3][Al]1[CH2]CCC[O]1. The molecule has 1 heterocycles. The fourth-order valence-corrected chi connectivity index (χ4v) is 4.25. The minimum Gasteiger partial charge on any atom is -0.507 e. The number of hydrogen-bond donors (Lipinski definition) is 1. The summed E-state index contributed by atoms with van der Waals surface area (Å²) in [5.74, 6) is 2.73. The Balaban J connectivity index is 0.000000287. The smallest absolute Gasteiger partial charge is 0.457 e. The Morgan fingerprint density at radius 3 is 1.73 bits per heavy atom. The number of benzene rings is 1. The maximum atomic E-state index is 10.3. The van der Waals surface area contributed by atoms with Crippen molar-refractivity contribution >= 4 is 14.5 Å². The van der Waals surface area contributed by atoms with Crippen LogP contribution in [0.1, 0.15) is 65.5 Å². The van der Waals surface area contributed by atoms with E-state index in [1.54, 1.807) is 0 Å². The summed E-state index contributed by atoms with van der Waals surface area (Å²) in [7, 11) is 0. The summed E-state index contributed by atoms with van der Waals surface area (Å²) in [6.07, 6.45) is 2.73. The summed E-state index contributed by atoms with van der Waals surface area (Å²) in [5.41, 5.74) is 2.03. The van der Waals surface area contributed by atoms with E-state index in [2.05, 4.69) is 47.3 Å². The van der Waals surface area contributed by atoms with Crippen molar-refractivity contribution in [2.75, 3.05) is 6.61 Å². The third-order valence-corrected chi connectivity index (χ3v) is 6.09. The molecule has 2 rings (SSSR count). The van der Waals surface area contributed by atoms with Crippen LogP contribution in [0.2, 0.25) is 11.1 Å². The van der Waals surface area contributed by atoms with Gasteiger partial charge in [0.15, 0.2) is 0 Å². The maximum Gasteiger partial charge on any atom is 0.457 e. The number of rotatable bonds is 0. The highest BCUT2D eigenvalue weighted by Gasteiger charge is 2.24. The Labute approximate surface area is 141 Å². The van der Waals surface area contributed by atoms with Crippen molar-refractivity contribution < 1.29 is 8.90 Å². The number of hydrogen-bond acceptors (Lipinski definition) is 2. The monoisotopic (exact) mass is 320 g/mol. The van der Waals surface area contributed by atoms with Crippen molar-refractivity contribution in [2.45, 2.75) is 76.3 Å². The fraction of sp³-hybridized carbons (Fsp3) is 0.684. The highest BCUT2D eigenvalue weighted by molar-refractivity contribution is 6.50. The summed E-state index contributed by atoms with van der Waals surface area (Å²) < 4.78 is 5.42. The van der Waals surface area contributed by atoms with Crippen LogP contribution in [-0.4, -0.2) is 26.2 Å². The minimum atomic E-state index is -0.595. The largest absolute Gasteiger partial charge is 0.507 e. The van der Waals surface area contributed by atoms with Gasteiger partial charge in [-0.15, -0.1) is 0 Å². The summed E-state index contributed by atoms with van der Waals surface area (Å²) in [5, 5.41) is 11.7. The first-order valence-electron chi connectivity index (χ1n) is 8.48. The topological polar surface area (TPSA) is 29.5 Å². The molecule has 124 valence electrons. The van der Waals surface area contributed by atoms with E-state index in [4.69, 9.17) is 3.79 Å². The first-order valence-corrected chi connectivity index (χ1v) is 10.9. The average Bonchev–Trinajstić information content (AvgIpc) is 2.37. The third kappa shape index (κ3) is 5.95. The van der Waals surface area contributed by atoms with Crippen molar-refractivity contribution in [3.05, 3.63) is 29.3 Å². The van der Waals surface area contributed by atoms with Gasteiger partial charge in [-0.1, -0.05) is 77.2 Å². The van der Waals surface area contributed by atoms with E-state index >= 15 is 0 Å². The van der Waals surface area contributed by atoms with Crippen molar-refractivity contribution in [3.8, 4) is 5.75 Å². The molecule has 22 heavy (non-hydrogen) atoms. The van der Waals surface area contributed by atoms with Gasteiger partial charge in [0.2, 0.25) is 0 Å². The normalized spacial score (nSPS) is 16.0. The van der Waals surface area contributed by atoms with Crippen LogP contribution in [0.3, 0.4) is 0 Å². The molecule has 1 saturated heterocycles. The summed E-state index contributed by atoms with van der Waals surface area (Å²) in [6.45, 7) is 13.8. The van der Waals surface area contributed by atoms with Gasteiger partial charge < -0.3 is 8.90 Å². The zero-order valence-electron chi connectivity index (χ0n) is 15.5. The van der Waals surface area contributed by atoms with E-state index < -0.39 is 14.5 Å². The van der Waals surface area contributed by atoms with Gasteiger partial charge in [0, 0.05) is 6.61 Å². The second-order valence-electron chi connectivity index (χ2n) is 8.38. The Morgan fingerprint density at radius 2 is 1.45 bits per heavy atom. The molecule has 3 heteroatoms. The van der Waals surface area contributed by atoms with Gasteiger partial charge in [-0.3, -0.25) is 0 Å². The molecule has 0 saturated carbocycles. The molecule has 0 bridgehead atoms. The first-order chi connectivity index (χ1) is 10.0. The van der Waals surface area contributed by atoms with Gasteiger partial charge in [0.1, 0.15) is 5.75 Å². The summed E-state index contributed by atoms with van der Waals surface area (Å²) >= 11 is -0.595. The highest BCUT2D eigenvalue weighted by atomic mass is 27.2. The lowest BCUT2D eigenvalue weighted by Gasteiger charge is -2.26. The van der Waals surface area contributed by atoms with E-state index in [1.165, 1.54) is 18.1 Å². The Bertz CT molecular complexity index is 431. The molecule has 1 aromatic rings. The maximum absolute atomic E-state index is 10.3. The molecule has 0 spiro atoms. The summed E-state index contributed by atoms with van der Waals surface area (Å²) in [4.78, 5) is 0. The molecule has 0 radical (unpaired) electrons. The number of phenols is 1. The van der Waals surface area contributed by atoms with Crippen LogP contribution in [0, 0.1) is 0 Å². The van der Waals surface area contributed by atoms with E-state index in [0.29, 0.717) is 5.75 Å². The van der Waals surface area contributed by atoms with Crippen molar-refractivity contribution in [3.63, 3.8) is 0 Å². The van der Waals surface area contributed by atoms with Gasteiger partial charge in [-0.05, 0) is 28.4 Å². The molecule has 0 amide bonds. The average molecular weight is 320 g/mol. The molecule has 0 atom stereocenters. The molecule has 0 aromatic heterocycles. The lowest BCUT2D eigenvalue weighted by atomic mass is 9.80. The van der Waals surface area contributed by atoms with Crippen LogP contribution >= 0.6 is 0 Å². The zero-order chi connectivity index (χ0) is 17.0. The molecular formula is C19H33AlO2. The second-order valence-corrected chi connectivity index (χ2v) is 10.9. The van der Waals surface area contributed by atoms with E-state index in [1.807, 2.05) is 18.2 Å². The molecule has 0 unspecified atom stereocenters. The van der Waals surface area contributed by atoms with E-state index in [-0.39, 0.29) is 10.8 Å². The molecule has 1 N–H and O–H groups in total. The zero-order valence-corrected chi connectivity index (χ0v) is 16.6. The first kappa shape index (κ1) is 19.6. The Hall–Kier alpha value is -0.488. The van der Waals surface area contributed by atoms with E-state index in [0.717, 1.165) is 17.7 Å². The third-order valence-electron chi connectivity index (χ3n) is 4.06. The quantitative estimate of drug-likeness (QED) is 0.648. The summed E-state index contributed by atoms with van der Waals surface area (Å²) in [6, 6.07) is 6.04. The van der Waals surface area contributed by atoms with Crippen LogP contribution in [0.25, 0.3) is 0 Å². The van der Waals surface area contributed by atoms with Crippen LogP contribution in [0.4, 0.5) is 0 Å². The van der Waals surface area contributed by atoms with Gasteiger partial charge in [-0.25, -0.2) is 0 Å². The molecule has 1 aromatic carbocycles. The number of aromatic hydroxyl groups is 1. The predicted molar refractivity (Wildman–Crippen MR) is 97.1 cm³/mol. The van der Waals surface area contributed by atoms with Crippen molar-refractivity contribution in [1.82, 2.24) is 0 Å². The van der Waals surface area contributed by atoms with Crippen molar-refractivity contribution in [1.29, 1.82) is 0 Å². The molecule has 1 aliphatic heterocycles. The Kier molecular flexibility index (Phi) is 6.99. The van der Waals surface area contributed by atoms with Crippen LogP contribution in [0.5, 0.6) is 5.75 Å². The number of para-hydroxylation sites is 1. The van der Waals surface area contributed by atoms with Gasteiger partial charge >= 0.3 is 14.5 Å². The molecule has 2 nitrogen and oxygen atoms in total. The lowest BCUT2D eigenvalue weighted by molar-refractivity contribution is 0.291. The molecular weight excluding hydrogens is 287 g/mol. The molecule has 1 fully saturated rings. The highest BCUT2D eigenvalue weighted by Crippen LogP contribution is 2.38. The van der Waals surface area contributed by atoms with Crippen molar-refractivity contribution in [2.24, 2.45) is 0 Å². The standard InChI is InChI=1S/C14H22O.C4H8O.CH3.Al/c1-13(2,3)10-8-7-9-11(12(10)15)14(4,5)6;1-2-3-4-5;;/h7-9,15H,1-6H3;1-4H2;1H3;/q;-1;;+1. The fourth-order valence-electron chi connectivity index (χ4n) is 2.66. The molecule has 1 aliphatic rings. The van der Waals surface area contributed by atoms with E-state index in [9.17, 15) is 5.11 Å². The molecule has 0 aliphatic carbocycles. The van der Waals surface area contributed by atoms with Gasteiger partial charge in [-0.2, -0.15) is 0 Å². The van der Waals surface area contributed by atoms with Crippen LogP contribution < -0.4 is 0 Å². The second kappa shape index (κ2) is 7.86. The predicted octanol–water partition coefficient (Wildman–Crippen LogP) is 5.41. The van der Waals surface area contributed by atoms with Crippen LogP contribution in [-0.2, 0) is 14.6 Å². The Morgan fingerprint density at radius 1 is 0.955 bits per heavy atom. The minimum absolute atomic E-state index is 0.00859. The lowest BCUT2D eigenvalue weighted by Crippen LogP contribution is -2.18. The van der Waals surface area contributed by atoms with Gasteiger partial charge in [0.25, 0.3) is 0 Å².